The lowest BCUT2D eigenvalue weighted by Gasteiger charge is -2.10. The molecule has 2 rings (SSSR count). The van der Waals surface area contributed by atoms with E-state index in [-0.39, 0.29) is 5.91 Å². The number of rotatable bonds is 3. The summed E-state index contributed by atoms with van der Waals surface area (Å²) in [4.78, 5) is 16.3. The van der Waals surface area contributed by atoms with Crippen molar-refractivity contribution < 1.29 is 4.79 Å². The van der Waals surface area contributed by atoms with E-state index < -0.39 is 6.04 Å². The second kappa shape index (κ2) is 5.23. The maximum Gasteiger partial charge on any atom is 0.262 e. The number of aromatic nitrogens is 1. The van der Waals surface area contributed by atoms with Gasteiger partial charge in [-0.15, -0.1) is 11.3 Å². The number of hydrogen-bond donors (Lipinski definition) is 1. The van der Waals surface area contributed by atoms with E-state index in [4.69, 9.17) is 5.26 Å². The summed E-state index contributed by atoms with van der Waals surface area (Å²) in [5, 5.41) is 13.5. The van der Waals surface area contributed by atoms with Gasteiger partial charge in [-0.3, -0.25) is 9.78 Å². The van der Waals surface area contributed by atoms with E-state index in [0.717, 1.165) is 0 Å². The van der Waals surface area contributed by atoms with Gasteiger partial charge >= 0.3 is 0 Å². The summed E-state index contributed by atoms with van der Waals surface area (Å²) in [6.45, 7) is 0. The first kappa shape index (κ1) is 11.3. The molecule has 0 bridgehead atoms. The number of carbonyl (C=O) groups is 1. The molecule has 0 unspecified atom stereocenters. The Morgan fingerprint density at radius 1 is 1.47 bits per heavy atom. The van der Waals surface area contributed by atoms with Gasteiger partial charge in [-0.1, -0.05) is 12.1 Å². The minimum Gasteiger partial charge on any atom is -0.332 e. The fourth-order valence-electron chi connectivity index (χ4n) is 1.35. The van der Waals surface area contributed by atoms with Gasteiger partial charge in [-0.2, -0.15) is 5.26 Å². The van der Waals surface area contributed by atoms with E-state index in [1.54, 1.807) is 36.7 Å². The van der Waals surface area contributed by atoms with Crippen LogP contribution in [0.5, 0.6) is 0 Å². The van der Waals surface area contributed by atoms with Crippen molar-refractivity contribution >= 4 is 17.2 Å². The minimum atomic E-state index is -0.668. The van der Waals surface area contributed by atoms with Crippen molar-refractivity contribution in [2.75, 3.05) is 0 Å². The quantitative estimate of drug-likeness (QED) is 0.898. The van der Waals surface area contributed by atoms with E-state index in [1.165, 1.54) is 11.3 Å². The van der Waals surface area contributed by atoms with Crippen LogP contribution in [-0.2, 0) is 0 Å². The summed E-state index contributed by atoms with van der Waals surface area (Å²) in [6.07, 6.45) is 3.20. The van der Waals surface area contributed by atoms with Crippen LogP contribution in [0.15, 0.2) is 42.0 Å². The summed E-state index contributed by atoms with van der Waals surface area (Å²) in [6, 6.07) is 8.38. The van der Waals surface area contributed by atoms with Gasteiger partial charge in [0.25, 0.3) is 5.91 Å². The summed E-state index contributed by atoms with van der Waals surface area (Å²) >= 11 is 1.34. The minimum absolute atomic E-state index is 0.240. The van der Waals surface area contributed by atoms with Gasteiger partial charge in [0.05, 0.1) is 10.9 Å². The zero-order valence-electron chi connectivity index (χ0n) is 8.83. The Kier molecular flexibility index (Phi) is 3.48. The molecule has 0 aliphatic heterocycles. The molecule has 2 aromatic rings. The molecule has 2 heterocycles. The summed E-state index contributed by atoms with van der Waals surface area (Å²) < 4.78 is 0. The Balaban J connectivity index is 2.12. The number of nitriles is 1. The smallest absolute Gasteiger partial charge is 0.262 e. The first-order valence-corrected chi connectivity index (χ1v) is 5.83. The van der Waals surface area contributed by atoms with Crippen LogP contribution >= 0.6 is 11.3 Å². The number of thiophene rings is 1. The van der Waals surface area contributed by atoms with Gasteiger partial charge in [0.15, 0.2) is 0 Å². The first-order valence-electron chi connectivity index (χ1n) is 4.95. The van der Waals surface area contributed by atoms with Crippen LogP contribution in [-0.4, -0.2) is 10.9 Å². The van der Waals surface area contributed by atoms with Crippen molar-refractivity contribution in [3.63, 3.8) is 0 Å². The van der Waals surface area contributed by atoms with Crippen LogP contribution in [0.3, 0.4) is 0 Å². The Bertz CT molecular complexity index is 531. The Hall–Kier alpha value is -2.19. The average Bonchev–Trinajstić information content (AvgIpc) is 2.90. The molecule has 0 aliphatic rings. The summed E-state index contributed by atoms with van der Waals surface area (Å²) in [5.41, 5.74) is 0.680. The van der Waals surface area contributed by atoms with Gasteiger partial charge in [-0.05, 0) is 17.5 Å². The van der Waals surface area contributed by atoms with E-state index in [0.29, 0.717) is 10.4 Å². The molecular formula is C12H9N3OS. The fraction of sp³-hybridized carbons (Fsp3) is 0.0833. The zero-order chi connectivity index (χ0) is 12.1. The van der Waals surface area contributed by atoms with Crippen LogP contribution in [0.25, 0.3) is 0 Å². The number of carbonyl (C=O) groups excluding carboxylic acids is 1. The summed E-state index contributed by atoms with van der Waals surface area (Å²) in [5.74, 6) is -0.240. The SMILES string of the molecule is N#C[C@@H](NC(=O)c1cccs1)c1cccnc1. The van der Waals surface area contributed by atoms with Crippen molar-refractivity contribution in [1.82, 2.24) is 10.3 Å². The van der Waals surface area contributed by atoms with Crippen molar-refractivity contribution in [3.8, 4) is 6.07 Å². The third-order valence-electron chi connectivity index (χ3n) is 2.17. The number of pyridine rings is 1. The largest absolute Gasteiger partial charge is 0.332 e. The third-order valence-corrected chi connectivity index (χ3v) is 3.04. The molecule has 4 nitrogen and oxygen atoms in total. The highest BCUT2D eigenvalue weighted by atomic mass is 32.1. The van der Waals surface area contributed by atoms with Crippen molar-refractivity contribution in [3.05, 3.63) is 52.5 Å². The van der Waals surface area contributed by atoms with E-state index in [2.05, 4.69) is 10.3 Å². The van der Waals surface area contributed by atoms with Gasteiger partial charge in [0.1, 0.15) is 6.04 Å². The average molecular weight is 243 g/mol. The van der Waals surface area contributed by atoms with Gasteiger partial charge in [0.2, 0.25) is 0 Å². The lowest BCUT2D eigenvalue weighted by molar-refractivity contribution is 0.0949. The van der Waals surface area contributed by atoms with Crippen molar-refractivity contribution in [2.45, 2.75) is 6.04 Å². The molecule has 84 valence electrons. The van der Waals surface area contributed by atoms with Crippen molar-refractivity contribution in [2.24, 2.45) is 0 Å². The van der Waals surface area contributed by atoms with Crippen molar-refractivity contribution in [1.29, 1.82) is 5.26 Å². The van der Waals surface area contributed by atoms with E-state index in [9.17, 15) is 4.79 Å². The topological polar surface area (TPSA) is 65.8 Å². The van der Waals surface area contributed by atoms with Crippen LogP contribution in [0.4, 0.5) is 0 Å². The Morgan fingerprint density at radius 3 is 2.94 bits per heavy atom. The highest BCUT2D eigenvalue weighted by Crippen LogP contribution is 2.13. The molecule has 17 heavy (non-hydrogen) atoms. The maximum atomic E-state index is 11.8. The predicted octanol–water partition coefficient (Wildman–Crippen LogP) is 2.14. The molecule has 0 aromatic carbocycles. The lowest BCUT2D eigenvalue weighted by atomic mass is 10.1. The third kappa shape index (κ3) is 2.68. The predicted molar refractivity (Wildman–Crippen MR) is 64.4 cm³/mol. The van der Waals surface area contributed by atoms with Gasteiger partial charge in [0, 0.05) is 18.0 Å². The van der Waals surface area contributed by atoms with Crippen LogP contribution in [0.1, 0.15) is 21.3 Å². The maximum absolute atomic E-state index is 11.8. The van der Waals surface area contributed by atoms with Crippen LogP contribution in [0, 0.1) is 11.3 Å². The Labute approximate surface area is 103 Å². The molecule has 1 amide bonds. The second-order valence-corrected chi connectivity index (χ2v) is 4.25. The second-order valence-electron chi connectivity index (χ2n) is 3.30. The van der Waals surface area contributed by atoms with Gasteiger partial charge < -0.3 is 5.32 Å². The highest BCUT2D eigenvalue weighted by molar-refractivity contribution is 7.12. The van der Waals surface area contributed by atoms with E-state index >= 15 is 0 Å². The molecule has 0 fully saturated rings. The molecule has 5 heteroatoms. The van der Waals surface area contributed by atoms with Gasteiger partial charge in [-0.25, -0.2) is 0 Å². The number of hydrogen-bond acceptors (Lipinski definition) is 4. The molecule has 0 saturated carbocycles. The number of nitrogens with one attached hydrogen (secondary N) is 1. The number of nitrogens with zero attached hydrogens (tertiary/aromatic N) is 2. The molecule has 1 N–H and O–H groups in total. The van der Waals surface area contributed by atoms with Crippen LogP contribution in [0.2, 0.25) is 0 Å². The standard InChI is InChI=1S/C12H9N3OS/c13-7-10(9-3-1-5-14-8-9)15-12(16)11-4-2-6-17-11/h1-6,8,10H,(H,15,16)/t10-/m1/s1. The molecule has 0 radical (unpaired) electrons. The zero-order valence-corrected chi connectivity index (χ0v) is 9.65. The fourth-order valence-corrected chi connectivity index (χ4v) is 1.97. The van der Waals surface area contributed by atoms with E-state index in [1.807, 2.05) is 11.4 Å². The lowest BCUT2D eigenvalue weighted by Crippen LogP contribution is -2.26. The molecule has 1 atom stereocenters. The molecule has 0 aliphatic carbocycles. The molecular weight excluding hydrogens is 234 g/mol. The Morgan fingerprint density at radius 2 is 2.35 bits per heavy atom. The molecule has 0 spiro atoms. The monoisotopic (exact) mass is 243 g/mol. The van der Waals surface area contributed by atoms with Crippen LogP contribution < -0.4 is 5.32 Å². The first-order chi connectivity index (χ1) is 8.31. The normalized spacial score (nSPS) is 11.5. The molecule has 0 saturated heterocycles. The highest BCUT2D eigenvalue weighted by Gasteiger charge is 2.15. The summed E-state index contributed by atoms with van der Waals surface area (Å²) in [7, 11) is 0. The number of amides is 1. The molecule has 2 aromatic heterocycles.